The number of pyridine rings is 1. The molecule has 0 aliphatic carbocycles. The maximum absolute atomic E-state index is 10.6. The van der Waals surface area contributed by atoms with E-state index in [1.165, 1.54) is 24.6 Å². The van der Waals surface area contributed by atoms with Crippen molar-refractivity contribution < 1.29 is 9.34 Å². The SMILES string of the molecule is O=[N+]([O-])c1cc(Cl)nc(Sc2ncco2)c1. The van der Waals surface area contributed by atoms with Gasteiger partial charge in [0.2, 0.25) is 0 Å². The number of halogens is 1. The number of hydrogen-bond acceptors (Lipinski definition) is 6. The van der Waals surface area contributed by atoms with E-state index in [-0.39, 0.29) is 10.8 Å². The molecule has 0 aromatic carbocycles. The molecule has 82 valence electrons. The summed E-state index contributed by atoms with van der Waals surface area (Å²) in [7, 11) is 0. The van der Waals surface area contributed by atoms with E-state index in [9.17, 15) is 10.1 Å². The Balaban J connectivity index is 2.31. The van der Waals surface area contributed by atoms with E-state index in [4.69, 9.17) is 16.0 Å². The number of oxazole rings is 1. The van der Waals surface area contributed by atoms with Crippen molar-refractivity contribution in [1.82, 2.24) is 9.97 Å². The summed E-state index contributed by atoms with van der Waals surface area (Å²) in [5.41, 5.74) is -0.117. The zero-order valence-corrected chi connectivity index (χ0v) is 9.23. The maximum Gasteiger partial charge on any atom is 0.275 e. The van der Waals surface area contributed by atoms with Crippen LogP contribution in [0.2, 0.25) is 5.15 Å². The van der Waals surface area contributed by atoms with Crippen LogP contribution >= 0.6 is 23.4 Å². The lowest BCUT2D eigenvalue weighted by Gasteiger charge is -1.97. The third kappa shape index (κ3) is 2.50. The van der Waals surface area contributed by atoms with Gasteiger partial charge in [0.05, 0.1) is 17.2 Å². The summed E-state index contributed by atoms with van der Waals surface area (Å²) in [6.07, 6.45) is 2.88. The number of nitro groups is 1. The fourth-order valence-corrected chi connectivity index (χ4v) is 1.94. The van der Waals surface area contributed by atoms with Crippen LogP contribution in [-0.2, 0) is 0 Å². The zero-order chi connectivity index (χ0) is 11.5. The molecule has 2 aromatic rings. The molecule has 2 rings (SSSR count). The van der Waals surface area contributed by atoms with Crippen molar-refractivity contribution in [2.45, 2.75) is 10.2 Å². The first kappa shape index (κ1) is 10.9. The van der Waals surface area contributed by atoms with Gasteiger partial charge in [-0.05, 0) is 11.8 Å². The van der Waals surface area contributed by atoms with Crippen molar-refractivity contribution >= 4 is 29.1 Å². The lowest BCUT2D eigenvalue weighted by molar-refractivity contribution is -0.385. The minimum absolute atomic E-state index is 0.0586. The molecule has 8 heteroatoms. The Morgan fingerprint density at radius 2 is 2.31 bits per heavy atom. The fourth-order valence-electron chi connectivity index (χ4n) is 0.968. The summed E-state index contributed by atoms with van der Waals surface area (Å²) >= 11 is 6.72. The molecule has 2 aromatic heterocycles. The Morgan fingerprint density at radius 1 is 1.50 bits per heavy atom. The van der Waals surface area contributed by atoms with Gasteiger partial charge in [-0.15, -0.1) is 0 Å². The minimum atomic E-state index is -0.535. The Labute approximate surface area is 98.8 Å². The molecule has 0 amide bonds. The van der Waals surface area contributed by atoms with E-state index < -0.39 is 4.92 Å². The Hall–Kier alpha value is -1.60. The normalized spacial score (nSPS) is 10.3. The predicted octanol–water partition coefficient (Wildman–Crippen LogP) is 2.78. The molecule has 2 heterocycles. The van der Waals surface area contributed by atoms with E-state index in [0.29, 0.717) is 10.2 Å². The molecule has 0 atom stereocenters. The second kappa shape index (κ2) is 4.50. The highest BCUT2D eigenvalue weighted by Gasteiger charge is 2.12. The first-order valence-electron chi connectivity index (χ1n) is 4.04. The third-order valence-electron chi connectivity index (χ3n) is 1.57. The fraction of sp³-hybridized carbons (Fsp3) is 0. The van der Waals surface area contributed by atoms with Gasteiger partial charge in [0.25, 0.3) is 10.9 Å². The second-order valence-electron chi connectivity index (χ2n) is 2.64. The molecule has 0 spiro atoms. The van der Waals surface area contributed by atoms with E-state index in [1.807, 2.05) is 0 Å². The number of hydrogen-bond donors (Lipinski definition) is 0. The molecule has 6 nitrogen and oxygen atoms in total. The first-order valence-corrected chi connectivity index (χ1v) is 5.24. The molecule has 0 unspecified atom stereocenters. The monoisotopic (exact) mass is 257 g/mol. The summed E-state index contributed by atoms with van der Waals surface area (Å²) in [4.78, 5) is 17.8. The minimum Gasteiger partial charge on any atom is -0.440 e. The van der Waals surface area contributed by atoms with Crippen LogP contribution in [0, 0.1) is 10.1 Å². The zero-order valence-electron chi connectivity index (χ0n) is 7.66. The summed E-state index contributed by atoms with van der Waals surface area (Å²) in [5, 5.41) is 11.4. The smallest absolute Gasteiger partial charge is 0.275 e. The topological polar surface area (TPSA) is 82.1 Å². The standard InChI is InChI=1S/C8H4ClN3O3S/c9-6-3-5(12(13)14)4-7(11-6)16-8-10-1-2-15-8/h1-4H. The van der Waals surface area contributed by atoms with Gasteiger partial charge in [-0.25, -0.2) is 9.97 Å². The van der Waals surface area contributed by atoms with Crippen molar-refractivity contribution in [2.24, 2.45) is 0 Å². The van der Waals surface area contributed by atoms with Gasteiger partial charge < -0.3 is 4.42 Å². The van der Waals surface area contributed by atoms with E-state index >= 15 is 0 Å². The van der Waals surface area contributed by atoms with Crippen molar-refractivity contribution in [3.8, 4) is 0 Å². The molecule has 0 saturated heterocycles. The van der Waals surface area contributed by atoms with Crippen molar-refractivity contribution in [2.75, 3.05) is 0 Å². The molecule has 0 radical (unpaired) electrons. The molecule has 0 aliphatic heterocycles. The molecule has 0 bridgehead atoms. The van der Waals surface area contributed by atoms with Crippen molar-refractivity contribution in [3.05, 3.63) is 39.9 Å². The van der Waals surface area contributed by atoms with Crippen molar-refractivity contribution in [3.63, 3.8) is 0 Å². The highest BCUT2D eigenvalue weighted by Crippen LogP contribution is 2.28. The van der Waals surface area contributed by atoms with Gasteiger partial charge in [0.1, 0.15) is 16.4 Å². The van der Waals surface area contributed by atoms with Gasteiger partial charge >= 0.3 is 0 Å². The van der Waals surface area contributed by atoms with Crippen molar-refractivity contribution in [1.29, 1.82) is 0 Å². The average Bonchev–Trinajstić information content (AvgIpc) is 2.69. The van der Waals surface area contributed by atoms with Gasteiger partial charge in [-0.1, -0.05) is 11.6 Å². The molecule has 0 N–H and O–H groups in total. The first-order chi connectivity index (χ1) is 7.65. The summed E-state index contributed by atoms with van der Waals surface area (Å²) < 4.78 is 4.98. The number of rotatable bonds is 3. The molecule has 16 heavy (non-hydrogen) atoms. The molecule has 0 fully saturated rings. The van der Waals surface area contributed by atoms with Crippen LogP contribution in [0.1, 0.15) is 0 Å². The highest BCUT2D eigenvalue weighted by atomic mass is 35.5. The van der Waals surface area contributed by atoms with E-state index in [1.54, 1.807) is 0 Å². The Kier molecular flexibility index (Phi) is 3.07. The van der Waals surface area contributed by atoms with Crippen LogP contribution in [0.5, 0.6) is 0 Å². The average molecular weight is 258 g/mol. The van der Waals surface area contributed by atoms with Gasteiger partial charge in [-0.3, -0.25) is 10.1 Å². The van der Waals surface area contributed by atoms with Crippen LogP contribution < -0.4 is 0 Å². The van der Waals surface area contributed by atoms with E-state index in [2.05, 4.69) is 9.97 Å². The predicted molar refractivity (Wildman–Crippen MR) is 56.5 cm³/mol. The third-order valence-corrected chi connectivity index (χ3v) is 2.56. The molecular weight excluding hydrogens is 254 g/mol. The number of nitrogens with zero attached hydrogens (tertiary/aromatic N) is 3. The lowest BCUT2D eigenvalue weighted by atomic mass is 10.4. The maximum atomic E-state index is 10.6. The van der Waals surface area contributed by atoms with E-state index in [0.717, 1.165) is 11.8 Å². The van der Waals surface area contributed by atoms with Crippen LogP contribution in [0.25, 0.3) is 0 Å². The van der Waals surface area contributed by atoms with Crippen LogP contribution in [-0.4, -0.2) is 14.9 Å². The van der Waals surface area contributed by atoms with Gasteiger partial charge in [-0.2, -0.15) is 0 Å². The largest absolute Gasteiger partial charge is 0.440 e. The quantitative estimate of drug-likeness (QED) is 0.478. The molecule has 0 aliphatic rings. The summed E-state index contributed by atoms with van der Waals surface area (Å²) in [6.45, 7) is 0. The van der Waals surface area contributed by atoms with Gasteiger partial charge in [0, 0.05) is 6.07 Å². The Morgan fingerprint density at radius 3 is 2.94 bits per heavy atom. The summed E-state index contributed by atoms with van der Waals surface area (Å²) in [5.74, 6) is 0. The lowest BCUT2D eigenvalue weighted by Crippen LogP contribution is -1.90. The number of aromatic nitrogens is 2. The summed E-state index contributed by atoms with van der Waals surface area (Å²) in [6, 6.07) is 2.49. The molecular formula is C8H4ClN3O3S. The molecule has 0 saturated carbocycles. The van der Waals surface area contributed by atoms with Gasteiger partial charge in [0.15, 0.2) is 0 Å². The van der Waals surface area contributed by atoms with Crippen LogP contribution in [0.15, 0.2) is 39.3 Å². The Bertz CT molecular complexity index is 517. The second-order valence-corrected chi connectivity index (χ2v) is 4.00. The van der Waals surface area contributed by atoms with Crippen LogP contribution in [0.3, 0.4) is 0 Å². The van der Waals surface area contributed by atoms with Crippen LogP contribution in [0.4, 0.5) is 5.69 Å². The highest BCUT2D eigenvalue weighted by molar-refractivity contribution is 7.99.